The molecule has 0 spiro atoms. The Labute approximate surface area is 195 Å². The van der Waals surface area contributed by atoms with Gasteiger partial charge in [-0.3, -0.25) is 14.9 Å². The van der Waals surface area contributed by atoms with Crippen LogP contribution in [0, 0.1) is 15.9 Å². The van der Waals surface area contributed by atoms with Gasteiger partial charge in [-0.2, -0.15) is 0 Å². The first kappa shape index (κ1) is 24.2. The molecule has 1 heterocycles. The van der Waals surface area contributed by atoms with Crippen molar-refractivity contribution in [3.05, 3.63) is 57.1 Å². The summed E-state index contributed by atoms with van der Waals surface area (Å²) in [5.41, 5.74) is 5.77. The summed E-state index contributed by atoms with van der Waals surface area (Å²) in [5.74, 6) is -0.812. The summed E-state index contributed by atoms with van der Waals surface area (Å²) in [4.78, 5) is 31.0. The predicted octanol–water partition coefficient (Wildman–Crippen LogP) is 2.65. The first-order valence-corrected chi connectivity index (χ1v) is 10.4. The molecule has 4 N–H and O–H groups in total. The minimum atomic E-state index is -0.830. The number of ether oxygens (including phenoxy) is 2. The van der Waals surface area contributed by atoms with Gasteiger partial charge in [-0.25, -0.2) is 14.4 Å². The molecule has 1 atom stereocenters. The number of nitro groups is 1. The van der Waals surface area contributed by atoms with Crippen LogP contribution in [0.2, 0.25) is 0 Å². The molecular formula is C20H20BrFN6O5. The summed E-state index contributed by atoms with van der Waals surface area (Å²) in [7, 11) is 1.43. The molecule has 3 rings (SSSR count). The Bertz CT molecular complexity index is 1180. The fourth-order valence-corrected chi connectivity index (χ4v) is 3.20. The fraction of sp³-hybridized carbons (Fsp3) is 0.250. The Kier molecular flexibility index (Phi) is 8.03. The summed E-state index contributed by atoms with van der Waals surface area (Å²) in [6, 6.07) is 6.23. The van der Waals surface area contributed by atoms with E-state index < -0.39 is 22.7 Å². The number of amides is 1. The molecular weight excluding hydrogens is 503 g/mol. The van der Waals surface area contributed by atoms with Crippen LogP contribution in [0.3, 0.4) is 0 Å². The lowest BCUT2D eigenvalue weighted by atomic mass is 10.2. The SMILES string of the molecule is COCC(N)C(=O)NCCOc1cc2ncnc(Nc3ccc(Br)cc3F)c2cc1[N+](=O)[O-]. The first-order valence-electron chi connectivity index (χ1n) is 9.60. The van der Waals surface area contributed by atoms with Crippen molar-refractivity contribution in [2.75, 3.05) is 32.2 Å². The molecule has 0 saturated heterocycles. The van der Waals surface area contributed by atoms with Gasteiger partial charge in [-0.15, -0.1) is 0 Å². The van der Waals surface area contributed by atoms with Gasteiger partial charge < -0.3 is 25.8 Å². The van der Waals surface area contributed by atoms with E-state index >= 15 is 0 Å². The molecule has 1 unspecified atom stereocenters. The Morgan fingerprint density at radius 1 is 1.33 bits per heavy atom. The van der Waals surface area contributed by atoms with Crippen molar-refractivity contribution in [1.82, 2.24) is 15.3 Å². The van der Waals surface area contributed by atoms with Gasteiger partial charge >= 0.3 is 5.69 Å². The highest BCUT2D eigenvalue weighted by Gasteiger charge is 2.20. The monoisotopic (exact) mass is 522 g/mol. The van der Waals surface area contributed by atoms with Crippen LogP contribution in [0.4, 0.5) is 21.6 Å². The molecule has 0 aliphatic heterocycles. The largest absolute Gasteiger partial charge is 0.485 e. The van der Waals surface area contributed by atoms with Gasteiger partial charge in [0.2, 0.25) is 5.91 Å². The van der Waals surface area contributed by atoms with E-state index in [1.807, 2.05) is 0 Å². The van der Waals surface area contributed by atoms with E-state index in [9.17, 15) is 19.3 Å². The second-order valence-corrected chi connectivity index (χ2v) is 7.68. The van der Waals surface area contributed by atoms with Crippen LogP contribution >= 0.6 is 15.9 Å². The molecule has 0 fully saturated rings. The van der Waals surface area contributed by atoms with Crippen LogP contribution < -0.4 is 21.1 Å². The number of nitrogens with zero attached hydrogens (tertiary/aromatic N) is 3. The third-order valence-electron chi connectivity index (χ3n) is 4.44. The van der Waals surface area contributed by atoms with E-state index in [-0.39, 0.29) is 42.7 Å². The van der Waals surface area contributed by atoms with Crippen LogP contribution in [0.15, 0.2) is 41.1 Å². The number of nitrogens with two attached hydrogens (primary N) is 1. The number of anilines is 2. The molecule has 0 saturated carbocycles. The summed E-state index contributed by atoms with van der Waals surface area (Å²) >= 11 is 3.19. The number of rotatable bonds is 10. The lowest BCUT2D eigenvalue weighted by molar-refractivity contribution is -0.385. The molecule has 0 aliphatic rings. The number of methoxy groups -OCH3 is 1. The van der Waals surface area contributed by atoms with E-state index in [1.54, 1.807) is 6.07 Å². The number of fused-ring (bicyclic) bond motifs is 1. The number of nitro benzene ring substituents is 1. The van der Waals surface area contributed by atoms with Crippen LogP contribution in [-0.4, -0.2) is 53.7 Å². The van der Waals surface area contributed by atoms with Gasteiger partial charge in [0.1, 0.15) is 30.6 Å². The highest BCUT2D eigenvalue weighted by Crippen LogP contribution is 2.35. The lowest BCUT2D eigenvalue weighted by Gasteiger charge is -2.13. The van der Waals surface area contributed by atoms with Gasteiger partial charge in [-0.1, -0.05) is 15.9 Å². The van der Waals surface area contributed by atoms with Gasteiger partial charge in [0.05, 0.1) is 34.7 Å². The topological polar surface area (TPSA) is 155 Å². The van der Waals surface area contributed by atoms with Gasteiger partial charge in [0.25, 0.3) is 0 Å². The third kappa shape index (κ3) is 6.09. The first-order chi connectivity index (χ1) is 15.8. The Morgan fingerprint density at radius 3 is 2.82 bits per heavy atom. The molecule has 1 amide bonds. The van der Waals surface area contributed by atoms with Gasteiger partial charge in [0, 0.05) is 23.7 Å². The summed E-state index contributed by atoms with van der Waals surface area (Å²) in [6.45, 7) is 0.0893. The van der Waals surface area contributed by atoms with Crippen LogP contribution in [0.25, 0.3) is 10.9 Å². The van der Waals surface area contributed by atoms with Gasteiger partial charge in [-0.05, 0) is 18.2 Å². The third-order valence-corrected chi connectivity index (χ3v) is 4.93. The average molecular weight is 523 g/mol. The molecule has 0 radical (unpaired) electrons. The Hall–Kier alpha value is -3.42. The highest BCUT2D eigenvalue weighted by atomic mass is 79.9. The second-order valence-electron chi connectivity index (χ2n) is 6.77. The van der Waals surface area contributed by atoms with E-state index in [0.717, 1.165) is 0 Å². The van der Waals surface area contributed by atoms with Crippen LogP contribution in [-0.2, 0) is 9.53 Å². The summed E-state index contributed by atoms with van der Waals surface area (Å²) in [5, 5.41) is 17.3. The van der Waals surface area contributed by atoms with Crippen molar-refractivity contribution < 1.29 is 23.6 Å². The van der Waals surface area contributed by atoms with Crippen molar-refractivity contribution in [3.63, 3.8) is 0 Å². The standard InChI is InChI=1S/C20H20BrFN6O5/c1-32-9-14(23)20(29)24-4-5-33-18-8-16-12(7-17(18)28(30)31)19(26-10-25-16)27-15-3-2-11(21)6-13(15)22/h2-3,6-8,10,14H,4-5,9,23H2,1H3,(H,24,29)(H,25,26,27). The molecule has 11 nitrogen and oxygen atoms in total. The highest BCUT2D eigenvalue weighted by molar-refractivity contribution is 9.10. The maximum absolute atomic E-state index is 14.2. The van der Waals surface area contributed by atoms with E-state index in [1.165, 1.54) is 37.7 Å². The van der Waals surface area contributed by atoms with E-state index in [2.05, 4.69) is 36.5 Å². The van der Waals surface area contributed by atoms with E-state index in [0.29, 0.717) is 15.4 Å². The van der Waals surface area contributed by atoms with Crippen LogP contribution in [0.5, 0.6) is 5.75 Å². The van der Waals surface area contributed by atoms with E-state index in [4.69, 9.17) is 15.2 Å². The minimum Gasteiger partial charge on any atom is -0.485 e. The molecule has 33 heavy (non-hydrogen) atoms. The number of hydrogen-bond donors (Lipinski definition) is 3. The second kappa shape index (κ2) is 10.9. The smallest absolute Gasteiger partial charge is 0.311 e. The molecule has 2 aromatic carbocycles. The zero-order chi connectivity index (χ0) is 24.0. The molecule has 0 aliphatic carbocycles. The number of carbonyl (C=O) groups excluding carboxylic acids is 1. The number of nitrogens with one attached hydrogen (secondary N) is 2. The zero-order valence-electron chi connectivity index (χ0n) is 17.4. The number of hydrogen-bond acceptors (Lipinski definition) is 9. The van der Waals surface area contributed by atoms with Crippen molar-refractivity contribution >= 4 is 49.9 Å². The number of benzene rings is 2. The zero-order valence-corrected chi connectivity index (χ0v) is 19.0. The molecule has 13 heteroatoms. The molecule has 0 bridgehead atoms. The molecule has 3 aromatic rings. The molecule has 174 valence electrons. The molecule has 1 aromatic heterocycles. The minimum absolute atomic E-state index is 0.0394. The number of aromatic nitrogens is 2. The van der Waals surface area contributed by atoms with Gasteiger partial charge in [0.15, 0.2) is 5.75 Å². The number of carbonyl (C=O) groups is 1. The Balaban J connectivity index is 1.80. The lowest BCUT2D eigenvalue weighted by Crippen LogP contribution is -2.44. The summed E-state index contributed by atoms with van der Waals surface area (Å²) < 4.78 is 25.1. The van der Waals surface area contributed by atoms with Crippen molar-refractivity contribution in [1.29, 1.82) is 0 Å². The maximum atomic E-state index is 14.2. The van der Waals surface area contributed by atoms with Crippen molar-refractivity contribution in [2.24, 2.45) is 5.73 Å². The fourth-order valence-electron chi connectivity index (χ4n) is 2.87. The van der Waals surface area contributed by atoms with Crippen molar-refractivity contribution in [3.8, 4) is 5.75 Å². The van der Waals surface area contributed by atoms with Crippen molar-refractivity contribution in [2.45, 2.75) is 6.04 Å². The normalized spacial score (nSPS) is 11.8. The summed E-state index contributed by atoms with van der Waals surface area (Å²) in [6.07, 6.45) is 1.24. The average Bonchev–Trinajstić information content (AvgIpc) is 2.78. The van der Waals surface area contributed by atoms with Crippen LogP contribution in [0.1, 0.15) is 0 Å². The predicted molar refractivity (Wildman–Crippen MR) is 122 cm³/mol. The number of halogens is 2. The maximum Gasteiger partial charge on any atom is 0.311 e. The Morgan fingerprint density at radius 2 is 2.12 bits per heavy atom. The quantitative estimate of drug-likeness (QED) is 0.207.